The van der Waals surface area contributed by atoms with Gasteiger partial charge in [-0.25, -0.2) is 9.18 Å². The number of H-pyrrole nitrogens is 1. The molecule has 3 aromatic rings. The third-order valence-corrected chi connectivity index (χ3v) is 3.54. The minimum atomic E-state index is -0.531. The minimum Gasteiger partial charge on any atom is -0.370 e. The molecule has 0 aliphatic heterocycles. The van der Waals surface area contributed by atoms with E-state index in [4.69, 9.17) is 11.1 Å². The fourth-order valence-corrected chi connectivity index (χ4v) is 2.43. The number of halogens is 2. The lowest BCUT2D eigenvalue weighted by Gasteiger charge is -2.05. The number of hydrogen-bond donors (Lipinski definition) is 4. The van der Waals surface area contributed by atoms with E-state index in [2.05, 4.69) is 10.3 Å². The van der Waals surface area contributed by atoms with Crippen LogP contribution in [0.2, 0.25) is 0 Å². The molecule has 2 aromatic carbocycles. The molecule has 130 valence electrons. The number of imidazole rings is 1. The van der Waals surface area contributed by atoms with Crippen molar-refractivity contribution in [2.75, 3.05) is 0 Å². The standard InChI is InChI=1S/C16H14FN5O2.ClH/c17-11-4-1-9(2-5-11)8-22-13-6-3-10(14(23)21-15(18)19)7-12(13)20-16(22)24;/h1-7H,8H2,(H,20,24)(H4,18,19,21,23);1H. The maximum Gasteiger partial charge on any atom is 0.326 e. The molecule has 0 saturated carbocycles. The highest BCUT2D eigenvalue weighted by atomic mass is 35.5. The molecule has 3 rings (SSSR count). The summed E-state index contributed by atoms with van der Waals surface area (Å²) >= 11 is 0. The molecule has 1 heterocycles. The molecule has 0 saturated heterocycles. The molecule has 9 heteroatoms. The van der Waals surface area contributed by atoms with E-state index in [0.717, 1.165) is 5.56 Å². The van der Waals surface area contributed by atoms with Gasteiger partial charge in [0.05, 0.1) is 17.6 Å². The van der Waals surface area contributed by atoms with Gasteiger partial charge in [0, 0.05) is 5.56 Å². The number of carbonyl (C=O) groups excluding carboxylic acids is 1. The number of fused-ring (bicyclic) bond motifs is 1. The van der Waals surface area contributed by atoms with Crippen LogP contribution in [0.4, 0.5) is 4.39 Å². The molecule has 1 aromatic heterocycles. The monoisotopic (exact) mass is 363 g/mol. The van der Waals surface area contributed by atoms with Crippen molar-refractivity contribution in [1.29, 1.82) is 5.41 Å². The highest BCUT2D eigenvalue weighted by molar-refractivity contribution is 6.05. The van der Waals surface area contributed by atoms with Crippen LogP contribution in [-0.2, 0) is 6.54 Å². The van der Waals surface area contributed by atoms with Gasteiger partial charge in [-0.05, 0) is 35.9 Å². The number of nitrogens with zero attached hydrogens (tertiary/aromatic N) is 1. The fraction of sp³-hybridized carbons (Fsp3) is 0.0625. The Labute approximate surface area is 147 Å². The Morgan fingerprint density at radius 1 is 1.24 bits per heavy atom. The first-order valence-corrected chi connectivity index (χ1v) is 7.06. The molecule has 5 N–H and O–H groups in total. The second-order valence-corrected chi connectivity index (χ2v) is 5.24. The molecule has 7 nitrogen and oxygen atoms in total. The summed E-state index contributed by atoms with van der Waals surface area (Å²) in [6.07, 6.45) is 0. The molecular formula is C16H15ClFN5O2. The lowest BCUT2D eigenvalue weighted by Crippen LogP contribution is -2.35. The second kappa shape index (κ2) is 7.18. The number of nitrogens with one attached hydrogen (secondary N) is 3. The quantitative estimate of drug-likeness (QED) is 0.418. The SMILES string of the molecule is Cl.N=C(N)NC(=O)c1ccc2c(c1)[nH]c(=O)n2Cc1ccc(F)cc1. The minimum absolute atomic E-state index is 0. The van der Waals surface area contributed by atoms with Crippen molar-refractivity contribution in [2.45, 2.75) is 6.54 Å². The van der Waals surface area contributed by atoms with Crippen molar-refractivity contribution in [3.63, 3.8) is 0 Å². The largest absolute Gasteiger partial charge is 0.370 e. The topological polar surface area (TPSA) is 117 Å². The molecule has 1 amide bonds. The number of aromatic amines is 1. The van der Waals surface area contributed by atoms with E-state index in [1.807, 2.05) is 0 Å². The maximum absolute atomic E-state index is 13.0. The normalized spacial score (nSPS) is 10.3. The van der Waals surface area contributed by atoms with Gasteiger partial charge in [-0.2, -0.15) is 0 Å². The molecule has 0 atom stereocenters. The van der Waals surface area contributed by atoms with E-state index in [1.54, 1.807) is 18.2 Å². The zero-order chi connectivity index (χ0) is 17.3. The molecule has 0 radical (unpaired) electrons. The van der Waals surface area contributed by atoms with Gasteiger partial charge in [-0.1, -0.05) is 12.1 Å². The Bertz CT molecular complexity index is 994. The van der Waals surface area contributed by atoms with Crippen LogP contribution >= 0.6 is 12.4 Å². The molecule has 0 fully saturated rings. The predicted octanol–water partition coefficient (Wildman–Crippen LogP) is 1.56. The first-order chi connectivity index (χ1) is 11.4. The smallest absolute Gasteiger partial charge is 0.326 e. The third-order valence-electron chi connectivity index (χ3n) is 3.54. The van der Waals surface area contributed by atoms with Gasteiger partial charge in [-0.15, -0.1) is 12.4 Å². The van der Waals surface area contributed by atoms with Gasteiger partial charge < -0.3 is 10.7 Å². The van der Waals surface area contributed by atoms with Crippen LogP contribution in [0.25, 0.3) is 11.0 Å². The van der Waals surface area contributed by atoms with Crippen LogP contribution < -0.4 is 16.7 Å². The lowest BCUT2D eigenvalue weighted by atomic mass is 10.1. The summed E-state index contributed by atoms with van der Waals surface area (Å²) in [4.78, 5) is 26.7. The summed E-state index contributed by atoms with van der Waals surface area (Å²) in [7, 11) is 0. The van der Waals surface area contributed by atoms with Gasteiger partial charge in [0.2, 0.25) is 0 Å². The highest BCUT2D eigenvalue weighted by Crippen LogP contribution is 2.15. The van der Waals surface area contributed by atoms with Crippen molar-refractivity contribution in [1.82, 2.24) is 14.9 Å². The number of nitrogens with two attached hydrogens (primary N) is 1. The predicted molar refractivity (Wildman–Crippen MR) is 94.7 cm³/mol. The van der Waals surface area contributed by atoms with Crippen LogP contribution in [0, 0.1) is 11.2 Å². The Hall–Kier alpha value is -3.13. The number of hydrogen-bond acceptors (Lipinski definition) is 3. The van der Waals surface area contributed by atoms with Crippen LogP contribution in [-0.4, -0.2) is 21.4 Å². The number of aromatic nitrogens is 2. The zero-order valence-corrected chi connectivity index (χ0v) is 13.7. The highest BCUT2D eigenvalue weighted by Gasteiger charge is 2.12. The Kier molecular flexibility index (Phi) is 5.23. The summed E-state index contributed by atoms with van der Waals surface area (Å²) in [5, 5.41) is 9.25. The average Bonchev–Trinajstić information content (AvgIpc) is 2.84. The Balaban J connectivity index is 0.00000225. The third kappa shape index (κ3) is 3.86. The van der Waals surface area contributed by atoms with Crippen molar-refractivity contribution in [3.8, 4) is 0 Å². The zero-order valence-electron chi connectivity index (χ0n) is 12.9. The summed E-state index contributed by atoms with van der Waals surface area (Å²) in [5.74, 6) is -1.33. The average molecular weight is 364 g/mol. The first kappa shape index (κ1) is 18.2. The summed E-state index contributed by atoms with van der Waals surface area (Å²) in [6.45, 7) is 0.276. The van der Waals surface area contributed by atoms with Crippen molar-refractivity contribution in [3.05, 3.63) is 69.9 Å². The summed E-state index contributed by atoms with van der Waals surface area (Å²) < 4.78 is 14.5. The second-order valence-electron chi connectivity index (χ2n) is 5.24. The van der Waals surface area contributed by atoms with Crippen LogP contribution in [0.15, 0.2) is 47.3 Å². The van der Waals surface area contributed by atoms with Gasteiger partial charge in [0.1, 0.15) is 5.82 Å². The molecule has 0 bridgehead atoms. The van der Waals surface area contributed by atoms with E-state index in [1.165, 1.54) is 28.8 Å². The number of amides is 1. The number of benzene rings is 2. The van der Waals surface area contributed by atoms with E-state index in [-0.39, 0.29) is 36.0 Å². The molecule has 25 heavy (non-hydrogen) atoms. The summed E-state index contributed by atoms with van der Waals surface area (Å²) in [6, 6.07) is 10.6. The van der Waals surface area contributed by atoms with Crippen molar-refractivity contribution >= 4 is 35.3 Å². The fourth-order valence-electron chi connectivity index (χ4n) is 2.43. The number of rotatable bonds is 3. The van der Waals surface area contributed by atoms with Crippen LogP contribution in [0.1, 0.15) is 15.9 Å². The van der Waals surface area contributed by atoms with E-state index in [9.17, 15) is 14.0 Å². The Morgan fingerprint density at radius 3 is 2.56 bits per heavy atom. The first-order valence-electron chi connectivity index (χ1n) is 7.06. The van der Waals surface area contributed by atoms with E-state index >= 15 is 0 Å². The number of guanidine groups is 1. The van der Waals surface area contributed by atoms with E-state index < -0.39 is 11.9 Å². The van der Waals surface area contributed by atoms with E-state index in [0.29, 0.717) is 11.0 Å². The molecule has 0 spiro atoms. The molecule has 0 unspecified atom stereocenters. The van der Waals surface area contributed by atoms with Gasteiger partial charge in [-0.3, -0.25) is 20.1 Å². The number of carbonyl (C=O) groups is 1. The maximum atomic E-state index is 13.0. The van der Waals surface area contributed by atoms with Crippen molar-refractivity contribution in [2.24, 2.45) is 5.73 Å². The Morgan fingerprint density at radius 2 is 1.92 bits per heavy atom. The van der Waals surface area contributed by atoms with Crippen LogP contribution in [0.3, 0.4) is 0 Å². The van der Waals surface area contributed by atoms with Gasteiger partial charge in [0.25, 0.3) is 5.91 Å². The van der Waals surface area contributed by atoms with Gasteiger partial charge in [0.15, 0.2) is 5.96 Å². The van der Waals surface area contributed by atoms with Crippen molar-refractivity contribution < 1.29 is 9.18 Å². The molecule has 0 aliphatic rings. The van der Waals surface area contributed by atoms with Gasteiger partial charge >= 0.3 is 5.69 Å². The molecular weight excluding hydrogens is 349 g/mol. The molecule has 0 aliphatic carbocycles. The summed E-state index contributed by atoms with van der Waals surface area (Å²) in [5.41, 5.74) is 6.94. The lowest BCUT2D eigenvalue weighted by molar-refractivity contribution is 0.0976. The van der Waals surface area contributed by atoms with Crippen LogP contribution in [0.5, 0.6) is 0 Å².